The molecule has 1 unspecified atom stereocenters. The van der Waals surface area contributed by atoms with Crippen LogP contribution in [0.3, 0.4) is 0 Å². The van der Waals surface area contributed by atoms with Crippen LogP contribution in [0.2, 0.25) is 0 Å². The number of hydrogen-bond acceptors (Lipinski definition) is 5. The number of anilines is 1. The van der Waals surface area contributed by atoms with Gasteiger partial charge in [-0.3, -0.25) is 0 Å². The first-order valence-electron chi connectivity index (χ1n) is 8.10. The van der Waals surface area contributed by atoms with Crippen molar-refractivity contribution in [2.45, 2.75) is 32.2 Å². The minimum Gasteiger partial charge on any atom is -0.355 e. The molecule has 0 amide bonds. The van der Waals surface area contributed by atoms with Crippen LogP contribution in [0.25, 0.3) is 0 Å². The van der Waals surface area contributed by atoms with E-state index >= 15 is 0 Å². The molecule has 3 rings (SSSR count). The Labute approximate surface area is 139 Å². The van der Waals surface area contributed by atoms with Gasteiger partial charge in [0.1, 0.15) is 0 Å². The van der Waals surface area contributed by atoms with Gasteiger partial charge in [0.05, 0.1) is 0 Å². The standard InChI is InChI=1S/C16H27N5.ClH/c1-16(7-9-17-12-16)13-20(2)14-5-10-21(11-6-14)15-4-3-8-18-19-15;/h3-4,8,14,17H,5-7,9-13H2,1-2H3;1H. The highest BCUT2D eigenvalue weighted by molar-refractivity contribution is 5.85. The van der Waals surface area contributed by atoms with Crippen LogP contribution in [0.5, 0.6) is 0 Å². The molecule has 1 aromatic rings. The van der Waals surface area contributed by atoms with E-state index in [4.69, 9.17) is 0 Å². The molecule has 6 heteroatoms. The van der Waals surface area contributed by atoms with Gasteiger partial charge in [-0.25, -0.2) is 0 Å². The Balaban J connectivity index is 0.00000176. The average molecular weight is 326 g/mol. The van der Waals surface area contributed by atoms with Crippen molar-refractivity contribution >= 4 is 18.2 Å². The summed E-state index contributed by atoms with van der Waals surface area (Å²) in [5.74, 6) is 1.02. The molecule has 124 valence electrons. The maximum absolute atomic E-state index is 4.22. The number of halogens is 1. The first-order chi connectivity index (χ1) is 10.2. The molecule has 0 saturated carbocycles. The zero-order valence-electron chi connectivity index (χ0n) is 13.7. The third-order valence-corrected chi connectivity index (χ3v) is 5.06. The number of nitrogens with one attached hydrogen (secondary N) is 1. The summed E-state index contributed by atoms with van der Waals surface area (Å²) in [7, 11) is 2.30. The molecule has 2 aliphatic rings. The van der Waals surface area contributed by atoms with E-state index < -0.39 is 0 Å². The number of aromatic nitrogens is 2. The summed E-state index contributed by atoms with van der Waals surface area (Å²) in [5.41, 5.74) is 0.455. The summed E-state index contributed by atoms with van der Waals surface area (Å²) in [5, 5.41) is 11.7. The number of rotatable bonds is 4. The lowest BCUT2D eigenvalue weighted by atomic mass is 9.88. The molecule has 0 radical (unpaired) electrons. The summed E-state index contributed by atoms with van der Waals surface area (Å²) in [6.07, 6.45) is 5.48. The van der Waals surface area contributed by atoms with Gasteiger partial charge in [0.25, 0.3) is 0 Å². The van der Waals surface area contributed by atoms with Gasteiger partial charge in [-0.15, -0.1) is 17.5 Å². The fraction of sp³-hybridized carbons (Fsp3) is 0.750. The van der Waals surface area contributed by atoms with E-state index in [0.717, 1.165) is 25.5 Å². The Morgan fingerprint density at radius 2 is 2.18 bits per heavy atom. The van der Waals surface area contributed by atoms with Gasteiger partial charge in [-0.1, -0.05) is 6.92 Å². The molecule has 2 saturated heterocycles. The summed E-state index contributed by atoms with van der Waals surface area (Å²) in [4.78, 5) is 4.94. The van der Waals surface area contributed by atoms with Crippen LogP contribution in [-0.2, 0) is 0 Å². The van der Waals surface area contributed by atoms with E-state index in [2.05, 4.69) is 45.4 Å². The van der Waals surface area contributed by atoms with Gasteiger partial charge in [0.15, 0.2) is 5.82 Å². The quantitative estimate of drug-likeness (QED) is 0.914. The molecule has 22 heavy (non-hydrogen) atoms. The highest BCUT2D eigenvalue weighted by atomic mass is 35.5. The number of nitrogens with zero attached hydrogens (tertiary/aromatic N) is 4. The molecule has 0 aromatic carbocycles. The molecule has 5 nitrogen and oxygen atoms in total. The minimum atomic E-state index is 0. The summed E-state index contributed by atoms with van der Waals surface area (Å²) in [6.45, 7) is 8.13. The van der Waals surface area contributed by atoms with Gasteiger partial charge in [0, 0.05) is 38.4 Å². The van der Waals surface area contributed by atoms with Crippen molar-refractivity contribution in [2.24, 2.45) is 5.41 Å². The largest absolute Gasteiger partial charge is 0.355 e. The van der Waals surface area contributed by atoms with Crippen LogP contribution in [0.15, 0.2) is 18.3 Å². The predicted molar refractivity (Wildman–Crippen MR) is 92.7 cm³/mol. The molecule has 2 aliphatic heterocycles. The van der Waals surface area contributed by atoms with E-state index in [1.807, 2.05) is 6.07 Å². The van der Waals surface area contributed by atoms with E-state index in [0.29, 0.717) is 11.5 Å². The molecular weight excluding hydrogens is 298 g/mol. The van der Waals surface area contributed by atoms with E-state index in [1.54, 1.807) is 6.20 Å². The first-order valence-corrected chi connectivity index (χ1v) is 8.10. The molecule has 0 spiro atoms. The second-order valence-corrected chi connectivity index (χ2v) is 6.95. The van der Waals surface area contributed by atoms with E-state index in [-0.39, 0.29) is 12.4 Å². The van der Waals surface area contributed by atoms with Gasteiger partial charge in [-0.2, -0.15) is 5.10 Å². The Morgan fingerprint density at radius 3 is 2.77 bits per heavy atom. The van der Waals surface area contributed by atoms with Crippen molar-refractivity contribution in [3.8, 4) is 0 Å². The maximum atomic E-state index is 4.22. The Bertz CT molecular complexity index is 441. The van der Waals surface area contributed by atoms with E-state index in [1.165, 1.54) is 32.4 Å². The third kappa shape index (κ3) is 4.09. The van der Waals surface area contributed by atoms with Crippen LogP contribution in [0, 0.1) is 5.41 Å². The lowest BCUT2D eigenvalue weighted by molar-refractivity contribution is 0.141. The van der Waals surface area contributed by atoms with Crippen LogP contribution in [-0.4, -0.2) is 60.9 Å². The second kappa shape index (κ2) is 7.57. The number of piperidine rings is 1. The monoisotopic (exact) mass is 325 g/mol. The molecule has 1 aromatic heterocycles. The Kier molecular flexibility index (Phi) is 6.01. The van der Waals surface area contributed by atoms with Crippen molar-refractivity contribution < 1.29 is 0 Å². The molecule has 3 heterocycles. The lowest BCUT2D eigenvalue weighted by Gasteiger charge is -2.40. The predicted octanol–water partition coefficient (Wildman–Crippen LogP) is 1.80. The maximum Gasteiger partial charge on any atom is 0.151 e. The highest BCUT2D eigenvalue weighted by Crippen LogP contribution is 2.28. The van der Waals surface area contributed by atoms with Crippen molar-refractivity contribution in [1.29, 1.82) is 0 Å². The fourth-order valence-electron chi connectivity index (χ4n) is 3.73. The highest BCUT2D eigenvalue weighted by Gasteiger charge is 2.32. The van der Waals surface area contributed by atoms with Crippen molar-refractivity contribution in [3.63, 3.8) is 0 Å². The third-order valence-electron chi connectivity index (χ3n) is 5.06. The minimum absolute atomic E-state index is 0. The summed E-state index contributed by atoms with van der Waals surface area (Å²) in [6, 6.07) is 4.73. The zero-order chi connectivity index (χ0) is 14.7. The topological polar surface area (TPSA) is 44.3 Å². The molecule has 2 fully saturated rings. The van der Waals surface area contributed by atoms with Crippen LogP contribution < -0.4 is 10.2 Å². The van der Waals surface area contributed by atoms with Crippen molar-refractivity contribution in [1.82, 2.24) is 20.4 Å². The summed E-state index contributed by atoms with van der Waals surface area (Å²) >= 11 is 0. The van der Waals surface area contributed by atoms with Crippen molar-refractivity contribution in [2.75, 3.05) is 44.7 Å². The SMILES string of the molecule is CN(CC1(C)CCNC1)C1CCN(c2cccnn2)CC1.Cl. The van der Waals surface area contributed by atoms with Crippen molar-refractivity contribution in [3.05, 3.63) is 18.3 Å². The van der Waals surface area contributed by atoms with Crippen LogP contribution in [0.1, 0.15) is 26.2 Å². The van der Waals surface area contributed by atoms with Gasteiger partial charge >= 0.3 is 0 Å². The summed E-state index contributed by atoms with van der Waals surface area (Å²) < 4.78 is 0. The molecular formula is C16H28ClN5. The molecule has 0 aliphatic carbocycles. The van der Waals surface area contributed by atoms with E-state index in [9.17, 15) is 0 Å². The molecule has 0 bridgehead atoms. The van der Waals surface area contributed by atoms with Gasteiger partial charge < -0.3 is 15.1 Å². The Hall–Kier alpha value is -0.910. The Morgan fingerprint density at radius 1 is 1.41 bits per heavy atom. The number of hydrogen-bond donors (Lipinski definition) is 1. The normalized spacial score (nSPS) is 26.2. The van der Waals surface area contributed by atoms with Crippen LogP contribution >= 0.6 is 12.4 Å². The molecule has 1 N–H and O–H groups in total. The fourth-order valence-corrected chi connectivity index (χ4v) is 3.73. The van der Waals surface area contributed by atoms with Gasteiger partial charge in [0.2, 0.25) is 0 Å². The molecule has 1 atom stereocenters. The van der Waals surface area contributed by atoms with Gasteiger partial charge in [-0.05, 0) is 50.4 Å². The smallest absolute Gasteiger partial charge is 0.151 e. The average Bonchev–Trinajstić information content (AvgIpc) is 2.94. The first kappa shape index (κ1) is 17.4. The zero-order valence-corrected chi connectivity index (χ0v) is 14.5. The lowest BCUT2D eigenvalue weighted by Crippen LogP contribution is -2.47. The van der Waals surface area contributed by atoms with Crippen LogP contribution in [0.4, 0.5) is 5.82 Å². The second-order valence-electron chi connectivity index (χ2n) is 6.95.